The zero-order valence-electron chi connectivity index (χ0n) is 10.6. The van der Waals surface area contributed by atoms with Gasteiger partial charge in [-0.3, -0.25) is 4.79 Å². The summed E-state index contributed by atoms with van der Waals surface area (Å²) in [4.78, 5) is 12.3. The maximum Gasteiger partial charge on any atom is 0.193 e. The van der Waals surface area contributed by atoms with Crippen LogP contribution in [0, 0.1) is 5.82 Å². The summed E-state index contributed by atoms with van der Waals surface area (Å²) in [5, 5.41) is 0. The molecule has 3 rings (SSSR count). The average Bonchev–Trinajstić information content (AvgIpc) is 3.22. The van der Waals surface area contributed by atoms with E-state index in [1.807, 2.05) is 0 Å². The molecule has 1 fully saturated rings. The highest BCUT2D eigenvalue weighted by Crippen LogP contribution is 2.27. The van der Waals surface area contributed by atoms with Gasteiger partial charge in [-0.2, -0.15) is 0 Å². The largest absolute Gasteiger partial charge is 0.490 e. The van der Waals surface area contributed by atoms with E-state index in [2.05, 4.69) is 15.9 Å². The molecule has 0 amide bonds. The van der Waals surface area contributed by atoms with Crippen LogP contribution in [0.2, 0.25) is 0 Å². The Kier molecular flexibility index (Phi) is 3.57. The molecule has 2 nitrogen and oxygen atoms in total. The molecule has 0 saturated heterocycles. The fourth-order valence-electron chi connectivity index (χ4n) is 1.91. The lowest BCUT2D eigenvalue weighted by Gasteiger charge is -2.06. The van der Waals surface area contributed by atoms with Gasteiger partial charge in [0.1, 0.15) is 11.6 Å². The fourth-order valence-corrected chi connectivity index (χ4v) is 2.38. The minimum absolute atomic E-state index is 0.205. The van der Waals surface area contributed by atoms with Crippen molar-refractivity contribution >= 4 is 21.7 Å². The SMILES string of the molecule is O=C(c1ccc(OC2CC2)cc1)c1cc(F)cc(Br)c1. The molecule has 0 aromatic heterocycles. The third-order valence-corrected chi connectivity index (χ3v) is 3.53. The summed E-state index contributed by atoms with van der Waals surface area (Å²) in [6.45, 7) is 0. The lowest BCUT2D eigenvalue weighted by Crippen LogP contribution is -2.02. The minimum Gasteiger partial charge on any atom is -0.490 e. The molecule has 2 aromatic rings. The molecule has 0 heterocycles. The first kappa shape index (κ1) is 13.3. The zero-order valence-corrected chi connectivity index (χ0v) is 12.2. The lowest BCUT2D eigenvalue weighted by atomic mass is 10.0. The molecule has 0 N–H and O–H groups in total. The van der Waals surface area contributed by atoms with E-state index in [1.165, 1.54) is 12.1 Å². The molecule has 102 valence electrons. The van der Waals surface area contributed by atoms with Gasteiger partial charge < -0.3 is 4.74 Å². The van der Waals surface area contributed by atoms with Crippen LogP contribution in [-0.2, 0) is 0 Å². The van der Waals surface area contributed by atoms with Gasteiger partial charge in [0.15, 0.2) is 5.78 Å². The van der Waals surface area contributed by atoms with Crippen LogP contribution < -0.4 is 4.74 Å². The Morgan fingerprint density at radius 3 is 2.40 bits per heavy atom. The Morgan fingerprint density at radius 2 is 1.80 bits per heavy atom. The van der Waals surface area contributed by atoms with Gasteiger partial charge in [0.2, 0.25) is 0 Å². The standard InChI is InChI=1S/C16H12BrFO2/c17-12-7-11(8-13(18)9-12)16(19)10-1-3-14(4-2-10)20-15-5-6-15/h1-4,7-9,15H,5-6H2. The van der Waals surface area contributed by atoms with Gasteiger partial charge in [-0.1, -0.05) is 15.9 Å². The predicted octanol–water partition coefficient (Wildman–Crippen LogP) is 4.36. The molecule has 1 saturated carbocycles. The van der Waals surface area contributed by atoms with Gasteiger partial charge >= 0.3 is 0 Å². The molecule has 20 heavy (non-hydrogen) atoms. The molecule has 0 radical (unpaired) electrons. The number of carbonyl (C=O) groups excluding carboxylic acids is 1. The zero-order chi connectivity index (χ0) is 14.1. The monoisotopic (exact) mass is 334 g/mol. The average molecular weight is 335 g/mol. The highest BCUT2D eigenvalue weighted by Gasteiger charge is 2.23. The Balaban J connectivity index is 1.81. The summed E-state index contributed by atoms with van der Waals surface area (Å²) in [5.74, 6) is 0.129. The number of hydrogen-bond acceptors (Lipinski definition) is 2. The van der Waals surface area contributed by atoms with Crippen LogP contribution in [0.15, 0.2) is 46.9 Å². The second-order valence-corrected chi connectivity index (χ2v) is 5.74. The van der Waals surface area contributed by atoms with Crippen LogP contribution in [0.5, 0.6) is 5.75 Å². The quantitative estimate of drug-likeness (QED) is 0.776. The van der Waals surface area contributed by atoms with Crippen LogP contribution >= 0.6 is 15.9 Å². The molecule has 0 unspecified atom stereocenters. The Labute approximate surface area is 124 Å². The van der Waals surface area contributed by atoms with E-state index >= 15 is 0 Å². The number of carbonyl (C=O) groups is 1. The van der Waals surface area contributed by atoms with E-state index in [0.29, 0.717) is 21.7 Å². The number of hydrogen-bond donors (Lipinski definition) is 0. The Morgan fingerprint density at radius 1 is 1.10 bits per heavy atom. The maximum atomic E-state index is 13.3. The molecule has 0 spiro atoms. The van der Waals surface area contributed by atoms with Crippen molar-refractivity contribution in [3.8, 4) is 5.75 Å². The number of benzene rings is 2. The molecule has 1 aliphatic carbocycles. The van der Waals surface area contributed by atoms with E-state index in [0.717, 1.165) is 18.6 Å². The van der Waals surface area contributed by atoms with E-state index in [1.54, 1.807) is 30.3 Å². The summed E-state index contributed by atoms with van der Waals surface area (Å²) in [6, 6.07) is 11.1. The Bertz CT molecular complexity index is 628. The van der Waals surface area contributed by atoms with Crippen molar-refractivity contribution in [2.45, 2.75) is 18.9 Å². The van der Waals surface area contributed by atoms with Gasteiger partial charge in [0.05, 0.1) is 6.10 Å². The van der Waals surface area contributed by atoms with Gasteiger partial charge in [0.25, 0.3) is 0 Å². The molecule has 4 heteroatoms. The number of ketones is 1. The third kappa shape index (κ3) is 3.07. The van der Waals surface area contributed by atoms with E-state index in [4.69, 9.17) is 4.74 Å². The van der Waals surface area contributed by atoms with Crippen LogP contribution in [0.3, 0.4) is 0 Å². The van der Waals surface area contributed by atoms with Crippen molar-refractivity contribution in [2.75, 3.05) is 0 Å². The van der Waals surface area contributed by atoms with Crippen LogP contribution in [0.1, 0.15) is 28.8 Å². The van der Waals surface area contributed by atoms with Crippen molar-refractivity contribution < 1.29 is 13.9 Å². The highest BCUT2D eigenvalue weighted by molar-refractivity contribution is 9.10. The molecule has 0 aliphatic heterocycles. The fraction of sp³-hybridized carbons (Fsp3) is 0.188. The van der Waals surface area contributed by atoms with Gasteiger partial charge in [-0.15, -0.1) is 0 Å². The van der Waals surface area contributed by atoms with E-state index in [9.17, 15) is 9.18 Å². The van der Waals surface area contributed by atoms with Crippen molar-refractivity contribution in [3.63, 3.8) is 0 Å². The maximum absolute atomic E-state index is 13.3. The van der Waals surface area contributed by atoms with Crippen LogP contribution in [-0.4, -0.2) is 11.9 Å². The molecule has 2 aromatic carbocycles. The lowest BCUT2D eigenvalue weighted by molar-refractivity contribution is 0.103. The summed E-state index contributed by atoms with van der Waals surface area (Å²) in [5.41, 5.74) is 0.846. The summed E-state index contributed by atoms with van der Waals surface area (Å²) in [7, 11) is 0. The first-order valence-electron chi connectivity index (χ1n) is 6.39. The second-order valence-electron chi connectivity index (χ2n) is 4.83. The van der Waals surface area contributed by atoms with Crippen LogP contribution in [0.4, 0.5) is 4.39 Å². The molecular formula is C16H12BrFO2. The number of halogens is 2. The molecule has 0 bridgehead atoms. The number of rotatable bonds is 4. The smallest absolute Gasteiger partial charge is 0.193 e. The van der Waals surface area contributed by atoms with Gasteiger partial charge in [-0.05, 0) is 55.3 Å². The predicted molar refractivity (Wildman–Crippen MR) is 77.6 cm³/mol. The van der Waals surface area contributed by atoms with Crippen molar-refractivity contribution in [1.29, 1.82) is 0 Å². The minimum atomic E-state index is -0.434. The van der Waals surface area contributed by atoms with Crippen LogP contribution in [0.25, 0.3) is 0 Å². The normalized spacial score (nSPS) is 14.1. The molecule has 1 aliphatic rings. The van der Waals surface area contributed by atoms with Gasteiger partial charge in [0, 0.05) is 15.6 Å². The molecule has 0 atom stereocenters. The van der Waals surface area contributed by atoms with Crippen molar-refractivity contribution in [2.24, 2.45) is 0 Å². The van der Waals surface area contributed by atoms with Crippen molar-refractivity contribution in [1.82, 2.24) is 0 Å². The summed E-state index contributed by atoms with van der Waals surface area (Å²) in [6.07, 6.45) is 2.52. The van der Waals surface area contributed by atoms with Gasteiger partial charge in [-0.25, -0.2) is 4.39 Å². The first-order valence-corrected chi connectivity index (χ1v) is 7.18. The molecular weight excluding hydrogens is 323 g/mol. The van der Waals surface area contributed by atoms with E-state index in [-0.39, 0.29) is 5.78 Å². The third-order valence-electron chi connectivity index (χ3n) is 3.07. The van der Waals surface area contributed by atoms with Crippen molar-refractivity contribution in [3.05, 3.63) is 63.9 Å². The first-order chi connectivity index (χ1) is 9.61. The second kappa shape index (κ2) is 5.37. The topological polar surface area (TPSA) is 26.3 Å². The summed E-state index contributed by atoms with van der Waals surface area (Å²) < 4.78 is 19.5. The summed E-state index contributed by atoms with van der Waals surface area (Å²) >= 11 is 3.19. The Hall–Kier alpha value is -1.68. The van der Waals surface area contributed by atoms with E-state index < -0.39 is 5.82 Å². The highest BCUT2D eigenvalue weighted by atomic mass is 79.9. The number of ether oxygens (including phenoxy) is 1.